The number of pyridine rings is 1. The van der Waals surface area contributed by atoms with Crippen molar-refractivity contribution in [2.75, 3.05) is 13.1 Å². The number of nitrogens with zero attached hydrogens (tertiary/aromatic N) is 2. The van der Waals surface area contributed by atoms with Gasteiger partial charge in [-0.25, -0.2) is 0 Å². The first-order valence-electron chi connectivity index (χ1n) is 5.60. The van der Waals surface area contributed by atoms with E-state index < -0.39 is 0 Å². The number of amides is 1. The molecule has 0 unspecified atom stereocenters. The van der Waals surface area contributed by atoms with Crippen LogP contribution >= 0.6 is 0 Å². The van der Waals surface area contributed by atoms with E-state index >= 15 is 0 Å². The van der Waals surface area contributed by atoms with Crippen LogP contribution in [-0.2, 0) is 11.2 Å². The third kappa shape index (κ3) is 2.79. The van der Waals surface area contributed by atoms with Gasteiger partial charge in [0.1, 0.15) is 0 Å². The molecule has 2 heterocycles. The average molecular weight is 220 g/mol. The van der Waals surface area contributed by atoms with Crippen LogP contribution in [0.2, 0.25) is 0 Å². The Balaban J connectivity index is 1.80. The lowest BCUT2D eigenvalue weighted by Crippen LogP contribution is -2.29. The molecule has 1 amide bonds. The van der Waals surface area contributed by atoms with Crippen molar-refractivity contribution >= 4 is 5.91 Å². The highest BCUT2D eigenvalue weighted by Crippen LogP contribution is 2.11. The van der Waals surface area contributed by atoms with Crippen molar-refractivity contribution in [3.05, 3.63) is 30.1 Å². The molecule has 2 rings (SSSR count). The number of β-amino-alcohol motifs (C(OH)–C–C–N with tert-alkyl or cyclic N) is 1. The largest absolute Gasteiger partial charge is 0.391 e. The van der Waals surface area contributed by atoms with Gasteiger partial charge >= 0.3 is 0 Å². The maximum Gasteiger partial charge on any atom is 0.222 e. The molecule has 4 nitrogen and oxygen atoms in total. The van der Waals surface area contributed by atoms with Gasteiger partial charge in [-0.3, -0.25) is 9.78 Å². The highest BCUT2D eigenvalue weighted by atomic mass is 16.3. The highest BCUT2D eigenvalue weighted by molar-refractivity contribution is 5.76. The van der Waals surface area contributed by atoms with E-state index in [1.807, 2.05) is 12.1 Å². The number of aliphatic hydroxyl groups is 1. The number of hydrogen-bond donors (Lipinski definition) is 1. The van der Waals surface area contributed by atoms with Gasteiger partial charge in [0.05, 0.1) is 6.10 Å². The normalized spacial score (nSPS) is 20.1. The highest BCUT2D eigenvalue weighted by Gasteiger charge is 2.23. The molecule has 0 bridgehead atoms. The van der Waals surface area contributed by atoms with Gasteiger partial charge in [0.25, 0.3) is 0 Å². The molecule has 0 aliphatic carbocycles. The third-order valence-corrected chi connectivity index (χ3v) is 2.89. The quantitative estimate of drug-likeness (QED) is 0.812. The van der Waals surface area contributed by atoms with Gasteiger partial charge in [0.15, 0.2) is 0 Å². The van der Waals surface area contributed by atoms with Crippen molar-refractivity contribution < 1.29 is 9.90 Å². The zero-order valence-corrected chi connectivity index (χ0v) is 9.17. The molecule has 0 saturated carbocycles. The molecule has 0 spiro atoms. The first kappa shape index (κ1) is 11.1. The van der Waals surface area contributed by atoms with Crippen molar-refractivity contribution in [1.82, 2.24) is 9.88 Å². The Labute approximate surface area is 94.9 Å². The second kappa shape index (κ2) is 5.07. The van der Waals surface area contributed by atoms with E-state index in [0.29, 0.717) is 25.9 Å². The number of aliphatic hydroxyl groups excluding tert-OH is 1. The smallest absolute Gasteiger partial charge is 0.222 e. The second-order valence-corrected chi connectivity index (χ2v) is 4.14. The van der Waals surface area contributed by atoms with Crippen molar-refractivity contribution in [3.63, 3.8) is 0 Å². The Morgan fingerprint density at radius 1 is 1.50 bits per heavy atom. The molecule has 1 aromatic rings. The molecule has 86 valence electrons. The predicted octanol–water partition coefficient (Wildman–Crippen LogP) is 0.607. The lowest BCUT2D eigenvalue weighted by Gasteiger charge is -2.15. The van der Waals surface area contributed by atoms with Crippen LogP contribution in [0.1, 0.15) is 18.4 Å². The fraction of sp³-hybridized carbons (Fsp3) is 0.500. The Kier molecular flexibility index (Phi) is 3.51. The van der Waals surface area contributed by atoms with Crippen molar-refractivity contribution in [1.29, 1.82) is 0 Å². The van der Waals surface area contributed by atoms with Crippen molar-refractivity contribution in [2.24, 2.45) is 0 Å². The van der Waals surface area contributed by atoms with Gasteiger partial charge in [-0.2, -0.15) is 0 Å². The summed E-state index contributed by atoms with van der Waals surface area (Å²) in [6.07, 6.45) is 5.11. The summed E-state index contributed by atoms with van der Waals surface area (Å²) < 4.78 is 0. The van der Waals surface area contributed by atoms with E-state index in [2.05, 4.69) is 4.98 Å². The second-order valence-electron chi connectivity index (χ2n) is 4.14. The zero-order valence-electron chi connectivity index (χ0n) is 9.17. The standard InChI is InChI=1S/C12H16N2O2/c15-11-5-8-14(9-11)12(16)2-1-10-3-6-13-7-4-10/h3-4,6-7,11,15H,1-2,5,8-9H2/t11-/m0/s1. The number of aryl methyl sites for hydroxylation is 1. The summed E-state index contributed by atoms with van der Waals surface area (Å²) in [4.78, 5) is 17.4. The summed E-state index contributed by atoms with van der Waals surface area (Å²) >= 11 is 0. The van der Waals surface area contributed by atoms with Gasteiger partial charge < -0.3 is 10.0 Å². The van der Waals surface area contributed by atoms with Gasteiger partial charge in [0, 0.05) is 31.9 Å². The minimum absolute atomic E-state index is 0.133. The molecule has 1 atom stereocenters. The Morgan fingerprint density at radius 2 is 2.25 bits per heavy atom. The third-order valence-electron chi connectivity index (χ3n) is 2.89. The maximum atomic E-state index is 11.8. The number of carbonyl (C=O) groups is 1. The molecule has 1 aliphatic rings. The molecule has 0 radical (unpaired) electrons. The first-order valence-corrected chi connectivity index (χ1v) is 5.60. The van der Waals surface area contributed by atoms with E-state index in [9.17, 15) is 9.90 Å². The number of carbonyl (C=O) groups excluding carboxylic acids is 1. The molecular weight excluding hydrogens is 204 g/mol. The lowest BCUT2D eigenvalue weighted by atomic mass is 10.1. The number of hydrogen-bond acceptors (Lipinski definition) is 3. The summed E-state index contributed by atoms with van der Waals surface area (Å²) in [5.41, 5.74) is 1.13. The molecule has 4 heteroatoms. The van der Waals surface area contributed by atoms with E-state index in [-0.39, 0.29) is 12.0 Å². The van der Waals surface area contributed by atoms with E-state index in [1.54, 1.807) is 17.3 Å². The summed E-state index contributed by atoms with van der Waals surface area (Å²) in [5.74, 6) is 0.133. The van der Waals surface area contributed by atoms with Gasteiger partial charge in [-0.15, -0.1) is 0 Å². The van der Waals surface area contributed by atoms with Crippen LogP contribution in [0.5, 0.6) is 0 Å². The van der Waals surface area contributed by atoms with Crippen LogP contribution in [0.4, 0.5) is 0 Å². The van der Waals surface area contributed by atoms with E-state index in [4.69, 9.17) is 0 Å². The molecule has 16 heavy (non-hydrogen) atoms. The number of likely N-dealkylation sites (tertiary alicyclic amines) is 1. The van der Waals surface area contributed by atoms with Crippen LogP contribution in [-0.4, -0.2) is 40.1 Å². The predicted molar refractivity (Wildman–Crippen MR) is 59.8 cm³/mol. The Morgan fingerprint density at radius 3 is 2.88 bits per heavy atom. The van der Waals surface area contributed by atoms with E-state index in [1.165, 1.54) is 0 Å². The molecule has 1 aromatic heterocycles. The van der Waals surface area contributed by atoms with E-state index in [0.717, 1.165) is 12.0 Å². The van der Waals surface area contributed by atoms with Crippen LogP contribution in [0.15, 0.2) is 24.5 Å². The summed E-state index contributed by atoms with van der Waals surface area (Å²) in [7, 11) is 0. The lowest BCUT2D eigenvalue weighted by molar-refractivity contribution is -0.130. The van der Waals surface area contributed by atoms with Gasteiger partial charge in [0.2, 0.25) is 5.91 Å². The summed E-state index contributed by atoms with van der Waals surface area (Å²) in [5, 5.41) is 9.33. The van der Waals surface area contributed by atoms with Crippen LogP contribution in [0.3, 0.4) is 0 Å². The molecule has 1 aliphatic heterocycles. The fourth-order valence-corrected chi connectivity index (χ4v) is 1.93. The average Bonchev–Trinajstić information content (AvgIpc) is 2.74. The minimum atomic E-state index is -0.329. The molecule has 0 aromatic carbocycles. The number of rotatable bonds is 3. The molecule has 1 fully saturated rings. The van der Waals surface area contributed by atoms with Gasteiger partial charge in [-0.05, 0) is 30.5 Å². The van der Waals surface area contributed by atoms with Gasteiger partial charge in [-0.1, -0.05) is 0 Å². The summed E-state index contributed by atoms with van der Waals surface area (Å²) in [6, 6.07) is 3.85. The van der Waals surface area contributed by atoms with Crippen LogP contribution in [0, 0.1) is 0 Å². The topological polar surface area (TPSA) is 53.4 Å². The monoisotopic (exact) mass is 220 g/mol. The maximum absolute atomic E-state index is 11.8. The van der Waals surface area contributed by atoms with Crippen molar-refractivity contribution in [3.8, 4) is 0 Å². The Hall–Kier alpha value is -1.42. The zero-order chi connectivity index (χ0) is 11.4. The Bertz CT molecular complexity index is 353. The van der Waals surface area contributed by atoms with Crippen LogP contribution in [0.25, 0.3) is 0 Å². The molecular formula is C12H16N2O2. The van der Waals surface area contributed by atoms with Crippen LogP contribution < -0.4 is 0 Å². The van der Waals surface area contributed by atoms with Crippen molar-refractivity contribution in [2.45, 2.75) is 25.4 Å². The SMILES string of the molecule is O=C(CCc1ccncc1)N1CC[C@H](O)C1. The molecule has 1 N–H and O–H groups in total. The molecule has 1 saturated heterocycles. The fourth-order valence-electron chi connectivity index (χ4n) is 1.93. The summed E-state index contributed by atoms with van der Waals surface area (Å²) in [6.45, 7) is 1.19. The number of aromatic nitrogens is 1. The minimum Gasteiger partial charge on any atom is -0.391 e. The first-order chi connectivity index (χ1) is 7.75.